The second-order valence-electron chi connectivity index (χ2n) is 9.56. The smallest absolute Gasteiger partial charge is 0.352 e. The van der Waals surface area contributed by atoms with Crippen LogP contribution in [-0.4, -0.2) is 40.6 Å². The number of nitrogens with one attached hydrogen (secondary N) is 1. The lowest BCUT2D eigenvalue weighted by Gasteiger charge is -2.44. The van der Waals surface area contributed by atoms with Gasteiger partial charge in [-0.15, -0.1) is 11.8 Å². The first kappa shape index (κ1) is 26.3. The van der Waals surface area contributed by atoms with Crippen molar-refractivity contribution in [3.05, 3.63) is 76.2 Å². The Morgan fingerprint density at radius 3 is 2.50 bits per heavy atom. The molecule has 1 aliphatic carbocycles. The molecular weight excluding hydrogens is 485 g/mol. The summed E-state index contributed by atoms with van der Waals surface area (Å²) in [7, 11) is 0. The molecule has 0 bridgehead atoms. The van der Waals surface area contributed by atoms with Crippen LogP contribution in [-0.2, 0) is 22.2 Å². The molecule has 4 rings (SSSR count). The topological polar surface area (TPSA) is 49.4 Å². The number of carbonyl (C=O) groups is 2. The molecule has 2 aromatic carbocycles. The van der Waals surface area contributed by atoms with E-state index in [2.05, 4.69) is 17.4 Å². The number of hydrogen-bond donors (Lipinski definition) is 1. The number of alkyl halides is 3. The van der Waals surface area contributed by atoms with E-state index in [-0.39, 0.29) is 35.7 Å². The molecule has 8 heteroatoms. The highest BCUT2D eigenvalue weighted by Gasteiger charge is 2.41. The Hall–Kier alpha value is -2.74. The first-order valence-electron chi connectivity index (χ1n) is 12.4. The number of amides is 2. The molecule has 1 aliphatic heterocycles. The zero-order valence-electron chi connectivity index (χ0n) is 20.3. The number of rotatable bonds is 7. The highest BCUT2D eigenvalue weighted by molar-refractivity contribution is 8.04. The second-order valence-corrected chi connectivity index (χ2v) is 10.8. The number of nitrogens with zero attached hydrogens (tertiary/aromatic N) is 1. The molecule has 2 amide bonds. The predicted molar refractivity (Wildman–Crippen MR) is 137 cm³/mol. The van der Waals surface area contributed by atoms with Crippen molar-refractivity contribution < 1.29 is 22.8 Å². The number of thioether (sulfide) groups is 1. The minimum Gasteiger partial charge on any atom is -0.352 e. The first-order valence-corrected chi connectivity index (χ1v) is 13.3. The van der Waals surface area contributed by atoms with Gasteiger partial charge in [0, 0.05) is 17.3 Å². The minimum atomic E-state index is -4.40. The van der Waals surface area contributed by atoms with Crippen LogP contribution in [0.2, 0.25) is 0 Å². The summed E-state index contributed by atoms with van der Waals surface area (Å²) in [6, 6.07) is 14.8. The fourth-order valence-corrected chi connectivity index (χ4v) is 6.33. The molecule has 192 valence electrons. The fraction of sp³-hybridized carbons (Fsp3) is 0.429. The summed E-state index contributed by atoms with van der Waals surface area (Å²) in [6.45, 7) is 1.95. The SMILES string of the molecule is CC(CCc1ccccc1)NC(=O)CN1C(=O)/C(=C/c2ccc(C(F)(F)F)cc2)SC2CCCCC21. The van der Waals surface area contributed by atoms with Crippen molar-refractivity contribution in [1.29, 1.82) is 0 Å². The molecule has 0 radical (unpaired) electrons. The summed E-state index contributed by atoms with van der Waals surface area (Å²) in [5.41, 5.74) is 1.02. The maximum atomic E-state index is 13.4. The normalized spacial score (nSPS) is 22.3. The van der Waals surface area contributed by atoms with Gasteiger partial charge in [-0.3, -0.25) is 9.59 Å². The summed E-state index contributed by atoms with van der Waals surface area (Å²) < 4.78 is 38.7. The van der Waals surface area contributed by atoms with Crippen molar-refractivity contribution in [2.45, 2.75) is 69.0 Å². The van der Waals surface area contributed by atoms with Crippen LogP contribution in [0.5, 0.6) is 0 Å². The van der Waals surface area contributed by atoms with Crippen LogP contribution >= 0.6 is 11.8 Å². The fourth-order valence-electron chi connectivity index (χ4n) is 4.86. The van der Waals surface area contributed by atoms with Crippen LogP contribution in [0.4, 0.5) is 13.2 Å². The van der Waals surface area contributed by atoms with E-state index in [9.17, 15) is 22.8 Å². The van der Waals surface area contributed by atoms with Gasteiger partial charge < -0.3 is 10.2 Å². The highest BCUT2D eigenvalue weighted by atomic mass is 32.2. The van der Waals surface area contributed by atoms with Crippen LogP contribution in [0.25, 0.3) is 6.08 Å². The zero-order valence-corrected chi connectivity index (χ0v) is 21.1. The van der Waals surface area contributed by atoms with Gasteiger partial charge in [-0.25, -0.2) is 0 Å². The Labute approximate surface area is 214 Å². The average Bonchev–Trinajstić information content (AvgIpc) is 2.85. The lowest BCUT2D eigenvalue weighted by Crippen LogP contribution is -2.55. The Morgan fingerprint density at radius 1 is 1.11 bits per heavy atom. The molecule has 0 spiro atoms. The summed E-state index contributed by atoms with van der Waals surface area (Å²) in [5.74, 6) is -0.413. The van der Waals surface area contributed by atoms with Gasteiger partial charge in [0.25, 0.3) is 5.91 Å². The van der Waals surface area contributed by atoms with E-state index in [0.29, 0.717) is 10.5 Å². The molecule has 4 nitrogen and oxygen atoms in total. The van der Waals surface area contributed by atoms with Crippen molar-refractivity contribution in [2.75, 3.05) is 6.54 Å². The van der Waals surface area contributed by atoms with E-state index in [1.807, 2.05) is 25.1 Å². The molecule has 1 saturated carbocycles. The standard InChI is InChI=1S/C28H31F3N2O2S/c1-19(11-12-20-7-3-2-4-8-20)32-26(34)18-33-23-9-5-6-10-24(23)36-25(27(33)35)17-21-13-15-22(16-14-21)28(29,30)31/h2-4,7-8,13-17,19,23-24H,5-6,9-12,18H2,1H3,(H,32,34)/b25-17-. The maximum Gasteiger partial charge on any atom is 0.416 e. The molecule has 2 fully saturated rings. The molecule has 0 aromatic heterocycles. The van der Waals surface area contributed by atoms with E-state index < -0.39 is 11.7 Å². The van der Waals surface area contributed by atoms with E-state index in [1.54, 1.807) is 11.0 Å². The van der Waals surface area contributed by atoms with Gasteiger partial charge in [0.1, 0.15) is 6.54 Å². The average molecular weight is 517 g/mol. The van der Waals surface area contributed by atoms with E-state index in [4.69, 9.17) is 0 Å². The summed E-state index contributed by atoms with van der Waals surface area (Å²) in [5, 5.41) is 3.21. The van der Waals surface area contributed by atoms with Gasteiger partial charge in [-0.05, 0) is 61.9 Å². The molecule has 2 aromatic rings. The Bertz CT molecular complexity index is 1090. The van der Waals surface area contributed by atoms with E-state index in [1.165, 1.54) is 29.5 Å². The maximum absolute atomic E-state index is 13.4. The van der Waals surface area contributed by atoms with Crippen molar-refractivity contribution in [1.82, 2.24) is 10.2 Å². The summed E-state index contributed by atoms with van der Waals surface area (Å²) in [4.78, 5) is 28.5. The molecular formula is C28H31F3N2O2S. The molecule has 36 heavy (non-hydrogen) atoms. The lowest BCUT2D eigenvalue weighted by molar-refractivity contribution is -0.137. The quantitative estimate of drug-likeness (QED) is 0.455. The predicted octanol–water partition coefficient (Wildman–Crippen LogP) is 6.07. The van der Waals surface area contributed by atoms with E-state index in [0.717, 1.165) is 50.7 Å². The van der Waals surface area contributed by atoms with Crippen molar-refractivity contribution in [3.8, 4) is 0 Å². The van der Waals surface area contributed by atoms with Gasteiger partial charge in [0.05, 0.1) is 10.5 Å². The van der Waals surface area contributed by atoms with Crippen molar-refractivity contribution in [3.63, 3.8) is 0 Å². The number of carbonyl (C=O) groups excluding carboxylic acids is 2. The summed E-state index contributed by atoms with van der Waals surface area (Å²) in [6.07, 6.45) is 2.76. The Morgan fingerprint density at radius 2 is 1.81 bits per heavy atom. The zero-order chi connectivity index (χ0) is 25.7. The molecule has 3 unspecified atom stereocenters. The molecule has 1 N–H and O–H groups in total. The van der Waals surface area contributed by atoms with Gasteiger partial charge in [0.2, 0.25) is 5.91 Å². The van der Waals surface area contributed by atoms with Crippen molar-refractivity contribution >= 4 is 29.7 Å². The number of halogens is 3. The van der Waals surface area contributed by atoms with Gasteiger partial charge >= 0.3 is 6.18 Å². The third kappa shape index (κ3) is 6.72. The number of aryl methyl sites for hydroxylation is 1. The lowest BCUT2D eigenvalue weighted by atomic mass is 9.93. The largest absolute Gasteiger partial charge is 0.416 e. The molecule has 1 saturated heterocycles. The Balaban J connectivity index is 1.43. The van der Waals surface area contributed by atoms with Crippen LogP contribution in [0.1, 0.15) is 55.7 Å². The third-order valence-corrected chi connectivity index (χ3v) is 8.18. The second kappa shape index (κ2) is 11.5. The molecule has 3 atom stereocenters. The van der Waals surface area contributed by atoms with Gasteiger partial charge in [-0.2, -0.15) is 13.2 Å². The van der Waals surface area contributed by atoms with Gasteiger partial charge in [-0.1, -0.05) is 55.3 Å². The monoisotopic (exact) mass is 516 g/mol. The Kier molecular flexibility index (Phi) is 8.44. The van der Waals surface area contributed by atoms with Crippen molar-refractivity contribution in [2.24, 2.45) is 0 Å². The molecule has 1 heterocycles. The van der Waals surface area contributed by atoms with Crippen LogP contribution in [0.15, 0.2) is 59.5 Å². The van der Waals surface area contributed by atoms with Crippen LogP contribution in [0.3, 0.4) is 0 Å². The van der Waals surface area contributed by atoms with Crippen LogP contribution < -0.4 is 5.32 Å². The van der Waals surface area contributed by atoms with Gasteiger partial charge in [0.15, 0.2) is 0 Å². The number of hydrogen-bond acceptors (Lipinski definition) is 3. The third-order valence-electron chi connectivity index (χ3n) is 6.78. The highest BCUT2D eigenvalue weighted by Crippen LogP contribution is 2.42. The number of fused-ring (bicyclic) bond motifs is 1. The molecule has 2 aliphatic rings. The first-order chi connectivity index (χ1) is 17.2. The van der Waals surface area contributed by atoms with Crippen LogP contribution in [0, 0.1) is 0 Å². The van der Waals surface area contributed by atoms with E-state index >= 15 is 0 Å². The summed E-state index contributed by atoms with van der Waals surface area (Å²) >= 11 is 1.49. The minimum absolute atomic E-state index is 0.00798. The number of benzene rings is 2.